The number of carbonyl (C=O) groups excluding carboxylic acids is 3. The summed E-state index contributed by atoms with van der Waals surface area (Å²) in [6.07, 6.45) is -1.22. The molecule has 0 spiro atoms. The molecule has 0 N–H and O–H groups in total. The molecule has 0 fully saturated rings. The Morgan fingerprint density at radius 2 is 1.56 bits per heavy atom. The minimum absolute atomic E-state index is 0.0691. The van der Waals surface area contributed by atoms with Gasteiger partial charge in [0, 0.05) is 0 Å². The number of carbonyl (C=O) groups is 3. The highest BCUT2D eigenvalue weighted by molar-refractivity contribution is 6.32. The highest BCUT2D eigenvalue weighted by Crippen LogP contribution is 2.23. The van der Waals surface area contributed by atoms with Crippen LogP contribution < -0.4 is 9.47 Å². The van der Waals surface area contributed by atoms with Crippen LogP contribution in [0.25, 0.3) is 0 Å². The average molecular weight is 393 g/mol. The smallest absolute Gasteiger partial charge is 0.462 e. The molecule has 142 valence electrons. The van der Waals surface area contributed by atoms with Gasteiger partial charge in [-0.15, -0.1) is 0 Å². The minimum atomic E-state index is -0.997. The van der Waals surface area contributed by atoms with Gasteiger partial charge in [0.05, 0.1) is 18.1 Å². The molecule has 0 saturated heterocycles. The van der Waals surface area contributed by atoms with E-state index >= 15 is 0 Å². The Bertz CT molecular complexity index is 819. The Kier molecular flexibility index (Phi) is 7.63. The standard InChI is InChI=1S/C19H17ClO7/c1-2-24-18(22)13-7-3-5-9-15(13)26-17(21)11-12-25-19(23)27-16-10-6-4-8-14(16)20/h3-10H,2,11-12H2,1H3. The van der Waals surface area contributed by atoms with Crippen LogP contribution in [0, 0.1) is 0 Å². The first-order valence-electron chi connectivity index (χ1n) is 8.07. The Morgan fingerprint density at radius 1 is 0.889 bits per heavy atom. The van der Waals surface area contributed by atoms with E-state index in [1.165, 1.54) is 18.2 Å². The van der Waals surface area contributed by atoms with Crippen LogP contribution in [0.4, 0.5) is 4.79 Å². The molecule has 0 amide bonds. The van der Waals surface area contributed by atoms with Crippen molar-refractivity contribution in [2.45, 2.75) is 13.3 Å². The molecule has 27 heavy (non-hydrogen) atoms. The van der Waals surface area contributed by atoms with Crippen LogP contribution in [0.3, 0.4) is 0 Å². The van der Waals surface area contributed by atoms with Gasteiger partial charge in [-0.05, 0) is 31.2 Å². The van der Waals surface area contributed by atoms with Gasteiger partial charge < -0.3 is 18.9 Å². The summed E-state index contributed by atoms with van der Waals surface area (Å²) >= 11 is 5.86. The van der Waals surface area contributed by atoms with E-state index in [1.807, 2.05) is 0 Å². The molecule has 0 aliphatic rings. The summed E-state index contributed by atoms with van der Waals surface area (Å²) in [6.45, 7) is 1.61. The van der Waals surface area contributed by atoms with Crippen molar-refractivity contribution in [1.29, 1.82) is 0 Å². The molecular formula is C19H17ClO7. The van der Waals surface area contributed by atoms with Crippen LogP contribution in [-0.2, 0) is 14.3 Å². The van der Waals surface area contributed by atoms with Crippen LogP contribution in [0.2, 0.25) is 5.02 Å². The summed E-state index contributed by atoms with van der Waals surface area (Å²) in [5, 5.41) is 0.254. The molecule has 0 unspecified atom stereocenters. The number of para-hydroxylation sites is 2. The lowest BCUT2D eigenvalue weighted by atomic mass is 10.2. The molecule has 0 aliphatic carbocycles. The summed E-state index contributed by atoms with van der Waals surface area (Å²) in [5.74, 6) is -1.06. The molecule has 2 rings (SSSR count). The fourth-order valence-electron chi connectivity index (χ4n) is 1.97. The first-order chi connectivity index (χ1) is 13.0. The largest absolute Gasteiger partial charge is 0.513 e. The van der Waals surface area contributed by atoms with Gasteiger partial charge in [0.15, 0.2) is 5.75 Å². The van der Waals surface area contributed by atoms with E-state index in [9.17, 15) is 14.4 Å². The Balaban J connectivity index is 1.82. The quantitative estimate of drug-likeness (QED) is 0.399. The molecule has 0 heterocycles. The summed E-state index contributed by atoms with van der Waals surface area (Å²) in [5.41, 5.74) is 0.131. The molecule has 0 saturated carbocycles. The maximum absolute atomic E-state index is 11.9. The lowest BCUT2D eigenvalue weighted by molar-refractivity contribution is -0.135. The van der Waals surface area contributed by atoms with E-state index in [2.05, 4.69) is 0 Å². The molecule has 0 atom stereocenters. The van der Waals surface area contributed by atoms with E-state index in [0.717, 1.165) is 0 Å². The van der Waals surface area contributed by atoms with Gasteiger partial charge in [-0.2, -0.15) is 0 Å². The van der Waals surface area contributed by atoms with Crippen LogP contribution >= 0.6 is 11.6 Å². The third-order valence-electron chi connectivity index (χ3n) is 3.16. The molecule has 2 aromatic rings. The third kappa shape index (κ3) is 6.31. The van der Waals surface area contributed by atoms with E-state index in [4.69, 9.17) is 30.5 Å². The lowest BCUT2D eigenvalue weighted by Crippen LogP contribution is -2.17. The van der Waals surface area contributed by atoms with Crippen molar-refractivity contribution >= 4 is 29.7 Å². The van der Waals surface area contributed by atoms with Gasteiger partial charge in [0.25, 0.3) is 0 Å². The molecule has 8 heteroatoms. The number of ether oxygens (including phenoxy) is 4. The van der Waals surface area contributed by atoms with Crippen LogP contribution in [-0.4, -0.2) is 31.3 Å². The zero-order valence-electron chi connectivity index (χ0n) is 14.5. The number of benzene rings is 2. The fraction of sp³-hybridized carbons (Fsp3) is 0.211. The number of esters is 2. The highest BCUT2D eigenvalue weighted by Gasteiger charge is 2.16. The first kappa shape index (κ1) is 20.3. The lowest BCUT2D eigenvalue weighted by Gasteiger charge is -2.10. The van der Waals surface area contributed by atoms with Crippen molar-refractivity contribution in [3.05, 3.63) is 59.1 Å². The monoisotopic (exact) mass is 392 g/mol. The van der Waals surface area contributed by atoms with Crippen LogP contribution in [0.5, 0.6) is 11.5 Å². The van der Waals surface area contributed by atoms with Gasteiger partial charge in [-0.1, -0.05) is 35.9 Å². The van der Waals surface area contributed by atoms with Crippen LogP contribution in [0.1, 0.15) is 23.7 Å². The van der Waals surface area contributed by atoms with Gasteiger partial charge in [-0.25, -0.2) is 9.59 Å². The third-order valence-corrected chi connectivity index (χ3v) is 3.47. The van der Waals surface area contributed by atoms with Crippen molar-refractivity contribution in [3.63, 3.8) is 0 Å². The predicted molar refractivity (Wildman–Crippen MR) is 96.1 cm³/mol. The SMILES string of the molecule is CCOC(=O)c1ccccc1OC(=O)CCOC(=O)Oc1ccccc1Cl. The van der Waals surface area contributed by atoms with E-state index < -0.39 is 18.1 Å². The predicted octanol–water partition coefficient (Wildman–Crippen LogP) is 4.03. The topological polar surface area (TPSA) is 88.1 Å². The van der Waals surface area contributed by atoms with Crippen molar-refractivity contribution in [2.24, 2.45) is 0 Å². The summed E-state index contributed by atoms with van der Waals surface area (Å²) < 4.78 is 19.8. The van der Waals surface area contributed by atoms with Crippen molar-refractivity contribution in [2.75, 3.05) is 13.2 Å². The van der Waals surface area contributed by atoms with Gasteiger partial charge in [-0.3, -0.25) is 4.79 Å². The van der Waals surface area contributed by atoms with E-state index in [-0.39, 0.29) is 41.7 Å². The summed E-state index contributed by atoms with van der Waals surface area (Å²) in [7, 11) is 0. The highest BCUT2D eigenvalue weighted by atomic mass is 35.5. The van der Waals surface area contributed by atoms with Gasteiger partial charge >= 0.3 is 18.1 Å². The maximum Gasteiger partial charge on any atom is 0.513 e. The fourth-order valence-corrected chi connectivity index (χ4v) is 2.15. The minimum Gasteiger partial charge on any atom is -0.462 e. The molecule has 2 aromatic carbocycles. The second-order valence-electron chi connectivity index (χ2n) is 5.07. The summed E-state index contributed by atoms with van der Waals surface area (Å²) in [6, 6.07) is 12.6. The molecule has 0 aromatic heterocycles. The molecule has 7 nitrogen and oxygen atoms in total. The van der Waals surface area contributed by atoms with Gasteiger partial charge in [0.1, 0.15) is 17.9 Å². The van der Waals surface area contributed by atoms with E-state index in [1.54, 1.807) is 37.3 Å². The normalized spacial score (nSPS) is 10.0. The van der Waals surface area contributed by atoms with Crippen LogP contribution in [0.15, 0.2) is 48.5 Å². The van der Waals surface area contributed by atoms with Crippen molar-refractivity contribution in [1.82, 2.24) is 0 Å². The zero-order valence-corrected chi connectivity index (χ0v) is 15.2. The molecule has 0 aliphatic heterocycles. The Labute approximate surface area is 160 Å². The second-order valence-corrected chi connectivity index (χ2v) is 5.48. The van der Waals surface area contributed by atoms with E-state index in [0.29, 0.717) is 0 Å². The Morgan fingerprint density at radius 3 is 2.26 bits per heavy atom. The molecule has 0 bridgehead atoms. The van der Waals surface area contributed by atoms with Crippen molar-refractivity contribution < 1.29 is 33.3 Å². The second kappa shape index (κ2) is 10.2. The number of rotatable bonds is 7. The number of halogens is 1. The van der Waals surface area contributed by atoms with Gasteiger partial charge in [0.2, 0.25) is 0 Å². The number of hydrogen-bond acceptors (Lipinski definition) is 7. The molecule has 0 radical (unpaired) electrons. The Hall–Kier alpha value is -3.06. The number of hydrogen-bond donors (Lipinski definition) is 0. The van der Waals surface area contributed by atoms with Crippen molar-refractivity contribution in [3.8, 4) is 11.5 Å². The molecular weight excluding hydrogens is 376 g/mol. The maximum atomic E-state index is 11.9. The first-order valence-corrected chi connectivity index (χ1v) is 8.45. The average Bonchev–Trinajstić information content (AvgIpc) is 2.64. The zero-order chi connectivity index (χ0) is 19.6. The summed E-state index contributed by atoms with van der Waals surface area (Å²) in [4.78, 5) is 35.4.